The van der Waals surface area contributed by atoms with E-state index in [0.29, 0.717) is 5.82 Å². The normalized spacial score (nSPS) is 11.0. The number of nitrogen functional groups attached to an aromatic ring is 1. The average molecular weight is 219 g/mol. The van der Waals surface area contributed by atoms with Crippen molar-refractivity contribution in [1.82, 2.24) is 9.78 Å². The monoisotopic (exact) mass is 219 g/mol. The number of aromatic nitrogens is 2. The molecule has 0 unspecified atom stereocenters. The molecule has 0 saturated carbocycles. The highest BCUT2D eigenvalue weighted by atomic mass is 19.1. The predicted octanol–water partition coefficient (Wildman–Crippen LogP) is 2.85. The molecule has 84 valence electrons. The second kappa shape index (κ2) is 3.96. The van der Waals surface area contributed by atoms with E-state index in [4.69, 9.17) is 5.73 Å². The molecular weight excluding hydrogens is 205 g/mol. The van der Waals surface area contributed by atoms with Gasteiger partial charge in [-0.25, -0.2) is 4.39 Å². The highest BCUT2D eigenvalue weighted by Gasteiger charge is 2.10. The molecule has 2 N–H and O–H groups in total. The quantitative estimate of drug-likeness (QED) is 0.844. The third-order valence-electron chi connectivity index (χ3n) is 2.38. The van der Waals surface area contributed by atoms with E-state index in [0.717, 1.165) is 11.3 Å². The maximum atomic E-state index is 12.8. The largest absolute Gasteiger partial charge is 0.382 e. The van der Waals surface area contributed by atoms with Crippen LogP contribution in [0, 0.1) is 5.82 Å². The molecule has 0 bridgehead atoms. The SMILES string of the molecule is CC(C)n1nc(N)cc1-c1ccc(F)cc1. The van der Waals surface area contributed by atoms with E-state index in [2.05, 4.69) is 5.10 Å². The first-order valence-electron chi connectivity index (χ1n) is 5.19. The zero-order valence-electron chi connectivity index (χ0n) is 9.31. The third-order valence-corrected chi connectivity index (χ3v) is 2.38. The minimum absolute atomic E-state index is 0.220. The lowest BCUT2D eigenvalue weighted by atomic mass is 10.1. The van der Waals surface area contributed by atoms with Crippen molar-refractivity contribution in [2.45, 2.75) is 19.9 Å². The summed E-state index contributed by atoms with van der Waals surface area (Å²) in [5, 5.41) is 4.21. The van der Waals surface area contributed by atoms with Crippen LogP contribution in [-0.2, 0) is 0 Å². The summed E-state index contributed by atoms with van der Waals surface area (Å²) in [4.78, 5) is 0. The van der Waals surface area contributed by atoms with Crippen LogP contribution in [0.15, 0.2) is 30.3 Å². The smallest absolute Gasteiger partial charge is 0.146 e. The van der Waals surface area contributed by atoms with E-state index in [9.17, 15) is 4.39 Å². The summed E-state index contributed by atoms with van der Waals surface area (Å²) in [5.41, 5.74) is 7.50. The van der Waals surface area contributed by atoms with Crippen molar-refractivity contribution in [3.63, 3.8) is 0 Å². The van der Waals surface area contributed by atoms with Gasteiger partial charge in [-0.1, -0.05) is 0 Å². The van der Waals surface area contributed by atoms with Gasteiger partial charge in [0.05, 0.1) is 5.69 Å². The first-order chi connectivity index (χ1) is 7.58. The molecule has 0 fully saturated rings. The van der Waals surface area contributed by atoms with Crippen LogP contribution in [0.4, 0.5) is 10.2 Å². The standard InChI is InChI=1S/C12H14FN3/c1-8(2)16-11(7-12(14)15-16)9-3-5-10(13)6-4-9/h3-8H,1-2H3,(H2,14,15). The second-order valence-corrected chi connectivity index (χ2v) is 4.00. The van der Waals surface area contributed by atoms with E-state index in [1.807, 2.05) is 18.5 Å². The molecule has 0 atom stereocenters. The van der Waals surface area contributed by atoms with Crippen molar-refractivity contribution in [3.05, 3.63) is 36.1 Å². The highest BCUT2D eigenvalue weighted by Crippen LogP contribution is 2.24. The Labute approximate surface area is 93.7 Å². The Kier molecular flexibility index (Phi) is 2.64. The van der Waals surface area contributed by atoms with Gasteiger partial charge in [0.15, 0.2) is 0 Å². The van der Waals surface area contributed by atoms with Crippen LogP contribution in [0.2, 0.25) is 0 Å². The van der Waals surface area contributed by atoms with Crippen LogP contribution < -0.4 is 5.73 Å². The summed E-state index contributed by atoms with van der Waals surface area (Å²) >= 11 is 0. The number of hydrogen-bond donors (Lipinski definition) is 1. The summed E-state index contributed by atoms with van der Waals surface area (Å²) in [6.45, 7) is 4.05. The Hall–Kier alpha value is -1.84. The van der Waals surface area contributed by atoms with Gasteiger partial charge in [-0.3, -0.25) is 4.68 Å². The molecule has 0 aliphatic carbocycles. The summed E-state index contributed by atoms with van der Waals surface area (Å²) in [7, 11) is 0. The molecule has 0 amide bonds. The van der Waals surface area contributed by atoms with Crippen molar-refractivity contribution in [2.24, 2.45) is 0 Å². The van der Waals surface area contributed by atoms with Crippen molar-refractivity contribution < 1.29 is 4.39 Å². The van der Waals surface area contributed by atoms with Crippen LogP contribution in [-0.4, -0.2) is 9.78 Å². The maximum absolute atomic E-state index is 12.8. The van der Waals surface area contributed by atoms with Gasteiger partial charge in [0.2, 0.25) is 0 Å². The summed E-state index contributed by atoms with van der Waals surface area (Å²) in [5.74, 6) is 0.236. The zero-order valence-corrected chi connectivity index (χ0v) is 9.31. The van der Waals surface area contributed by atoms with Crippen LogP contribution >= 0.6 is 0 Å². The van der Waals surface area contributed by atoms with E-state index >= 15 is 0 Å². The number of anilines is 1. The Morgan fingerprint density at radius 3 is 2.44 bits per heavy atom. The van der Waals surface area contributed by atoms with Gasteiger partial charge in [0, 0.05) is 17.7 Å². The zero-order chi connectivity index (χ0) is 11.7. The molecule has 4 heteroatoms. The van der Waals surface area contributed by atoms with E-state index in [1.54, 1.807) is 18.2 Å². The number of rotatable bonds is 2. The minimum atomic E-state index is -0.243. The lowest BCUT2D eigenvalue weighted by Gasteiger charge is -2.10. The summed E-state index contributed by atoms with van der Waals surface area (Å²) < 4.78 is 14.7. The molecule has 3 nitrogen and oxygen atoms in total. The summed E-state index contributed by atoms with van der Waals surface area (Å²) in [6, 6.07) is 8.34. The molecule has 0 aliphatic heterocycles. The van der Waals surface area contributed by atoms with Crippen LogP contribution in [0.1, 0.15) is 19.9 Å². The Morgan fingerprint density at radius 1 is 1.25 bits per heavy atom. The molecule has 0 aliphatic rings. The minimum Gasteiger partial charge on any atom is -0.382 e. The predicted molar refractivity (Wildman–Crippen MR) is 62.4 cm³/mol. The van der Waals surface area contributed by atoms with Gasteiger partial charge in [-0.2, -0.15) is 5.10 Å². The van der Waals surface area contributed by atoms with E-state index in [-0.39, 0.29) is 11.9 Å². The number of halogens is 1. The van der Waals surface area contributed by atoms with Crippen molar-refractivity contribution in [1.29, 1.82) is 0 Å². The van der Waals surface area contributed by atoms with Gasteiger partial charge < -0.3 is 5.73 Å². The topological polar surface area (TPSA) is 43.8 Å². The van der Waals surface area contributed by atoms with Crippen molar-refractivity contribution >= 4 is 5.82 Å². The van der Waals surface area contributed by atoms with Crippen LogP contribution in [0.25, 0.3) is 11.3 Å². The first kappa shape index (κ1) is 10.7. The highest BCUT2D eigenvalue weighted by molar-refractivity contribution is 5.62. The van der Waals surface area contributed by atoms with Crippen molar-refractivity contribution in [2.75, 3.05) is 5.73 Å². The van der Waals surface area contributed by atoms with Gasteiger partial charge in [0.25, 0.3) is 0 Å². The average Bonchev–Trinajstić information content (AvgIpc) is 2.61. The fraction of sp³-hybridized carbons (Fsp3) is 0.250. The Bertz CT molecular complexity index is 485. The van der Waals surface area contributed by atoms with E-state index < -0.39 is 0 Å². The number of nitrogens with zero attached hydrogens (tertiary/aromatic N) is 2. The van der Waals surface area contributed by atoms with Gasteiger partial charge in [-0.05, 0) is 38.1 Å². The van der Waals surface area contributed by atoms with Crippen LogP contribution in [0.3, 0.4) is 0 Å². The Morgan fingerprint density at radius 2 is 1.88 bits per heavy atom. The molecular formula is C12H14FN3. The first-order valence-corrected chi connectivity index (χ1v) is 5.19. The lowest BCUT2D eigenvalue weighted by molar-refractivity contribution is 0.540. The molecule has 0 radical (unpaired) electrons. The number of nitrogens with two attached hydrogens (primary N) is 1. The molecule has 16 heavy (non-hydrogen) atoms. The van der Waals surface area contributed by atoms with Gasteiger partial charge >= 0.3 is 0 Å². The molecule has 1 aromatic heterocycles. The third kappa shape index (κ3) is 1.91. The molecule has 1 heterocycles. The van der Waals surface area contributed by atoms with Gasteiger partial charge in [-0.15, -0.1) is 0 Å². The Balaban J connectivity index is 2.50. The van der Waals surface area contributed by atoms with Gasteiger partial charge in [0.1, 0.15) is 11.6 Å². The molecule has 0 saturated heterocycles. The molecule has 2 aromatic rings. The van der Waals surface area contributed by atoms with Crippen LogP contribution in [0.5, 0.6) is 0 Å². The molecule has 2 rings (SSSR count). The molecule has 0 spiro atoms. The second-order valence-electron chi connectivity index (χ2n) is 4.00. The van der Waals surface area contributed by atoms with E-state index in [1.165, 1.54) is 12.1 Å². The fourth-order valence-corrected chi connectivity index (χ4v) is 1.64. The fourth-order valence-electron chi connectivity index (χ4n) is 1.64. The number of benzene rings is 1. The van der Waals surface area contributed by atoms with Crippen molar-refractivity contribution in [3.8, 4) is 11.3 Å². The molecule has 1 aromatic carbocycles. The summed E-state index contributed by atoms with van der Waals surface area (Å²) in [6.07, 6.45) is 0. The maximum Gasteiger partial charge on any atom is 0.146 e. The number of hydrogen-bond acceptors (Lipinski definition) is 2. The lowest BCUT2D eigenvalue weighted by Crippen LogP contribution is -2.05.